The lowest BCUT2D eigenvalue weighted by Crippen LogP contribution is -2.29. The number of ether oxygens (including phenoxy) is 1. The Morgan fingerprint density at radius 1 is 0.962 bits per heavy atom. The third-order valence-electron chi connectivity index (χ3n) is 3.91. The van der Waals surface area contributed by atoms with E-state index in [9.17, 15) is 13.2 Å². The Kier molecular flexibility index (Phi) is 4.35. The maximum atomic E-state index is 14.2. The van der Waals surface area contributed by atoms with Gasteiger partial charge in [0.25, 0.3) is 0 Å². The number of benzene rings is 2. The molecule has 5 nitrogen and oxygen atoms in total. The summed E-state index contributed by atoms with van der Waals surface area (Å²) in [5.74, 6) is -1.69. The minimum Gasteiger partial charge on any atom is -0.480 e. The second-order valence-corrected chi connectivity index (χ2v) is 6.33. The van der Waals surface area contributed by atoms with Gasteiger partial charge >= 0.3 is 0 Å². The lowest BCUT2D eigenvalue weighted by atomic mass is 10.1. The molecule has 0 atom stereocenters. The van der Waals surface area contributed by atoms with Crippen molar-refractivity contribution in [2.45, 2.75) is 19.4 Å². The van der Waals surface area contributed by atoms with E-state index < -0.39 is 23.1 Å². The predicted molar refractivity (Wildman–Crippen MR) is 90.8 cm³/mol. The van der Waals surface area contributed by atoms with Crippen LogP contribution in [0.4, 0.5) is 18.9 Å². The largest absolute Gasteiger partial charge is 0.480 e. The Balaban J connectivity index is 1.96. The summed E-state index contributed by atoms with van der Waals surface area (Å²) in [5, 5.41) is 8.12. The van der Waals surface area contributed by atoms with Gasteiger partial charge < -0.3 is 15.0 Å². The number of rotatable bonds is 4. The Hall–Kier alpha value is -3.03. The normalized spacial score (nSPS) is 11.6. The fourth-order valence-corrected chi connectivity index (χ4v) is 2.68. The molecule has 0 fully saturated rings. The number of hydrogen-bond donors (Lipinski definition) is 1. The van der Waals surface area contributed by atoms with Gasteiger partial charge in [-0.1, -0.05) is 0 Å². The van der Waals surface area contributed by atoms with Crippen LogP contribution in [0.2, 0.25) is 0 Å². The highest BCUT2D eigenvalue weighted by atomic mass is 19.2. The molecule has 136 valence electrons. The summed E-state index contributed by atoms with van der Waals surface area (Å²) in [7, 11) is 1.66. The number of anilines is 1. The van der Waals surface area contributed by atoms with E-state index in [2.05, 4.69) is 10.2 Å². The number of aromatic nitrogens is 3. The summed E-state index contributed by atoms with van der Waals surface area (Å²) in [6.45, 7) is 3.39. The van der Waals surface area contributed by atoms with E-state index >= 15 is 0 Å². The molecule has 0 aliphatic rings. The molecule has 2 aromatic carbocycles. The molecular weight excluding hydrogens is 345 g/mol. The zero-order valence-corrected chi connectivity index (χ0v) is 14.4. The smallest absolute Gasteiger partial charge is 0.176 e. The maximum absolute atomic E-state index is 14.2. The molecule has 0 saturated carbocycles. The van der Waals surface area contributed by atoms with Crippen molar-refractivity contribution in [3.63, 3.8) is 0 Å². The van der Waals surface area contributed by atoms with Crippen LogP contribution in [0.1, 0.15) is 19.7 Å². The van der Waals surface area contributed by atoms with E-state index in [1.165, 1.54) is 18.2 Å². The second-order valence-electron chi connectivity index (χ2n) is 6.33. The van der Waals surface area contributed by atoms with E-state index in [0.717, 1.165) is 12.1 Å². The van der Waals surface area contributed by atoms with E-state index in [1.807, 2.05) is 0 Å². The summed E-state index contributed by atoms with van der Waals surface area (Å²) < 4.78 is 48.0. The van der Waals surface area contributed by atoms with Crippen molar-refractivity contribution in [2.75, 3.05) is 5.73 Å². The molecule has 0 unspecified atom stereocenters. The monoisotopic (exact) mass is 362 g/mol. The zero-order valence-electron chi connectivity index (χ0n) is 14.4. The number of halogens is 3. The van der Waals surface area contributed by atoms with Crippen LogP contribution in [0.3, 0.4) is 0 Å². The molecule has 0 radical (unpaired) electrons. The van der Waals surface area contributed by atoms with E-state index in [4.69, 9.17) is 10.5 Å². The fourth-order valence-electron chi connectivity index (χ4n) is 2.68. The summed E-state index contributed by atoms with van der Waals surface area (Å²) in [6, 6.07) is 7.53. The molecule has 0 aliphatic carbocycles. The van der Waals surface area contributed by atoms with Gasteiger partial charge in [0.2, 0.25) is 0 Å². The maximum Gasteiger partial charge on any atom is 0.176 e. The topological polar surface area (TPSA) is 66.0 Å². The first-order valence-corrected chi connectivity index (χ1v) is 7.78. The third kappa shape index (κ3) is 3.22. The van der Waals surface area contributed by atoms with Crippen molar-refractivity contribution in [2.24, 2.45) is 7.05 Å². The van der Waals surface area contributed by atoms with Gasteiger partial charge in [0.15, 0.2) is 28.9 Å². The van der Waals surface area contributed by atoms with Crippen molar-refractivity contribution in [1.29, 1.82) is 0 Å². The standard InChI is InChI=1S/C18H17F3N4O/c1-18(2,26-11-5-7-13(19)15(21)9-11)17-24-23-16(25(17)3)12-6-4-10(22)8-14(12)20/h4-9H,22H2,1-3H3. The van der Waals surface area contributed by atoms with Crippen LogP contribution >= 0.6 is 0 Å². The summed E-state index contributed by atoms with van der Waals surface area (Å²) >= 11 is 0. The molecule has 3 aromatic rings. The average Bonchev–Trinajstić information content (AvgIpc) is 2.93. The highest BCUT2D eigenvalue weighted by Gasteiger charge is 2.30. The second kappa shape index (κ2) is 6.36. The minimum absolute atomic E-state index is 0.136. The zero-order chi connectivity index (χ0) is 19.1. The van der Waals surface area contributed by atoms with Gasteiger partial charge in [-0.25, -0.2) is 13.2 Å². The first kappa shape index (κ1) is 17.8. The lowest BCUT2D eigenvalue weighted by Gasteiger charge is -2.25. The Labute approximate surface area is 148 Å². The predicted octanol–water partition coefficient (Wildman–Crippen LogP) is 3.80. The van der Waals surface area contributed by atoms with Crippen LogP contribution < -0.4 is 10.5 Å². The highest BCUT2D eigenvalue weighted by Crippen LogP contribution is 2.30. The average molecular weight is 362 g/mol. The van der Waals surface area contributed by atoms with Crippen LogP contribution in [-0.4, -0.2) is 14.8 Å². The highest BCUT2D eigenvalue weighted by molar-refractivity contribution is 5.60. The molecular formula is C18H17F3N4O. The lowest BCUT2D eigenvalue weighted by molar-refractivity contribution is 0.0943. The van der Waals surface area contributed by atoms with Gasteiger partial charge in [-0.3, -0.25) is 0 Å². The quantitative estimate of drug-likeness (QED) is 0.717. The molecule has 0 bridgehead atoms. The molecule has 2 N–H and O–H groups in total. The SMILES string of the molecule is Cn1c(-c2ccc(N)cc2F)nnc1C(C)(C)Oc1ccc(F)c(F)c1. The van der Waals surface area contributed by atoms with Crippen LogP contribution in [0.15, 0.2) is 36.4 Å². The first-order valence-electron chi connectivity index (χ1n) is 7.78. The molecule has 0 amide bonds. The Bertz CT molecular complexity index is 969. The molecule has 1 aromatic heterocycles. The first-order chi connectivity index (χ1) is 12.2. The van der Waals surface area contributed by atoms with E-state index in [0.29, 0.717) is 17.3 Å². The van der Waals surface area contributed by atoms with E-state index in [1.54, 1.807) is 31.5 Å². The Morgan fingerprint density at radius 2 is 1.69 bits per heavy atom. The van der Waals surface area contributed by atoms with Gasteiger partial charge in [-0.05, 0) is 44.2 Å². The number of nitrogens with two attached hydrogens (primary N) is 1. The number of nitrogen functional groups attached to an aromatic ring is 1. The number of nitrogens with zero attached hydrogens (tertiary/aromatic N) is 3. The van der Waals surface area contributed by atoms with Crippen molar-refractivity contribution in [3.05, 3.63) is 59.7 Å². The minimum atomic E-state index is -1.03. The van der Waals surface area contributed by atoms with Crippen LogP contribution in [0, 0.1) is 17.5 Å². The molecule has 26 heavy (non-hydrogen) atoms. The molecule has 0 aliphatic heterocycles. The molecule has 8 heteroatoms. The summed E-state index contributed by atoms with van der Waals surface area (Å²) in [5.41, 5.74) is 5.07. The molecule has 0 spiro atoms. The summed E-state index contributed by atoms with van der Waals surface area (Å²) in [4.78, 5) is 0. The molecule has 0 saturated heterocycles. The van der Waals surface area contributed by atoms with Crippen molar-refractivity contribution in [1.82, 2.24) is 14.8 Å². The number of hydrogen-bond acceptors (Lipinski definition) is 4. The molecule has 3 rings (SSSR count). The fraction of sp³-hybridized carbons (Fsp3) is 0.222. The van der Waals surface area contributed by atoms with Gasteiger partial charge in [-0.2, -0.15) is 0 Å². The third-order valence-corrected chi connectivity index (χ3v) is 3.91. The van der Waals surface area contributed by atoms with Crippen LogP contribution in [0.25, 0.3) is 11.4 Å². The molecule has 1 heterocycles. The summed E-state index contributed by atoms with van der Waals surface area (Å²) in [6.07, 6.45) is 0. The van der Waals surface area contributed by atoms with Crippen molar-refractivity contribution < 1.29 is 17.9 Å². The van der Waals surface area contributed by atoms with Crippen molar-refractivity contribution in [3.8, 4) is 17.1 Å². The van der Waals surface area contributed by atoms with Gasteiger partial charge in [0.1, 0.15) is 11.6 Å². The van der Waals surface area contributed by atoms with Gasteiger partial charge in [-0.15, -0.1) is 10.2 Å². The van der Waals surface area contributed by atoms with Crippen LogP contribution in [-0.2, 0) is 12.6 Å². The Morgan fingerprint density at radius 3 is 2.35 bits per heavy atom. The van der Waals surface area contributed by atoms with Crippen molar-refractivity contribution >= 4 is 5.69 Å². The van der Waals surface area contributed by atoms with E-state index in [-0.39, 0.29) is 11.3 Å². The van der Waals surface area contributed by atoms with Crippen LogP contribution in [0.5, 0.6) is 5.75 Å². The van der Waals surface area contributed by atoms with Gasteiger partial charge in [0, 0.05) is 18.8 Å². The van der Waals surface area contributed by atoms with Gasteiger partial charge in [0.05, 0.1) is 5.56 Å².